The molecular formula is C14H14O3. The molecule has 1 N–H and O–H groups in total. The summed E-state index contributed by atoms with van der Waals surface area (Å²) in [5.74, 6) is 1.36. The highest BCUT2D eigenvalue weighted by atomic mass is 16.5. The van der Waals surface area contributed by atoms with Crippen molar-refractivity contribution in [1.82, 2.24) is 0 Å². The number of phenolic OH excluding ortho intramolecular Hbond substituents is 1. The van der Waals surface area contributed by atoms with E-state index in [1.54, 1.807) is 19.2 Å². The maximum Gasteiger partial charge on any atom is 0.160 e. The zero-order chi connectivity index (χ0) is 12.3. The summed E-state index contributed by atoms with van der Waals surface area (Å²) in [5.41, 5.74) is 1.83. The molecule has 0 fully saturated rings. The summed E-state index contributed by atoms with van der Waals surface area (Å²) in [7, 11) is 3.15. The van der Waals surface area contributed by atoms with E-state index < -0.39 is 0 Å². The Hall–Kier alpha value is -2.16. The zero-order valence-electron chi connectivity index (χ0n) is 9.81. The van der Waals surface area contributed by atoms with E-state index in [0.717, 1.165) is 16.9 Å². The van der Waals surface area contributed by atoms with Crippen LogP contribution in [0.3, 0.4) is 0 Å². The first kappa shape index (κ1) is 11.3. The van der Waals surface area contributed by atoms with Gasteiger partial charge >= 0.3 is 0 Å². The van der Waals surface area contributed by atoms with Crippen LogP contribution in [0, 0.1) is 0 Å². The molecule has 2 aromatic carbocycles. The number of benzene rings is 2. The number of phenols is 1. The lowest BCUT2D eigenvalue weighted by Crippen LogP contribution is -1.88. The quantitative estimate of drug-likeness (QED) is 0.880. The summed E-state index contributed by atoms with van der Waals surface area (Å²) in [6, 6.07) is 13.0. The van der Waals surface area contributed by atoms with Gasteiger partial charge in [0.15, 0.2) is 11.5 Å². The lowest BCUT2D eigenvalue weighted by molar-refractivity contribution is 0.373. The molecule has 0 saturated heterocycles. The highest BCUT2D eigenvalue weighted by Crippen LogP contribution is 2.35. The highest BCUT2D eigenvalue weighted by molar-refractivity contribution is 5.72. The minimum Gasteiger partial charge on any atom is -0.504 e. The van der Waals surface area contributed by atoms with Gasteiger partial charge in [-0.2, -0.15) is 0 Å². The number of para-hydroxylation sites is 1. The van der Waals surface area contributed by atoms with Crippen LogP contribution >= 0.6 is 0 Å². The Morgan fingerprint density at radius 2 is 1.59 bits per heavy atom. The van der Waals surface area contributed by atoms with Gasteiger partial charge in [0.2, 0.25) is 0 Å². The van der Waals surface area contributed by atoms with Crippen molar-refractivity contribution in [1.29, 1.82) is 0 Å². The molecule has 0 unspecified atom stereocenters. The molecule has 0 spiro atoms. The van der Waals surface area contributed by atoms with Crippen LogP contribution in [0.4, 0.5) is 0 Å². The molecule has 3 heteroatoms. The lowest BCUT2D eigenvalue weighted by Gasteiger charge is -2.10. The van der Waals surface area contributed by atoms with Crippen LogP contribution in [0.2, 0.25) is 0 Å². The van der Waals surface area contributed by atoms with Crippen LogP contribution in [-0.2, 0) is 0 Å². The molecule has 2 aromatic rings. The van der Waals surface area contributed by atoms with Gasteiger partial charge in [-0.05, 0) is 23.8 Å². The Bertz CT molecular complexity index is 521. The number of hydrogen-bond acceptors (Lipinski definition) is 3. The average molecular weight is 230 g/mol. The predicted molar refractivity (Wildman–Crippen MR) is 66.6 cm³/mol. The fourth-order valence-electron chi connectivity index (χ4n) is 1.74. The van der Waals surface area contributed by atoms with Gasteiger partial charge < -0.3 is 14.6 Å². The summed E-state index contributed by atoms with van der Waals surface area (Å²) in [4.78, 5) is 0. The normalized spacial score (nSPS) is 10.0. The monoisotopic (exact) mass is 230 g/mol. The van der Waals surface area contributed by atoms with Gasteiger partial charge in [-0.25, -0.2) is 0 Å². The van der Waals surface area contributed by atoms with Gasteiger partial charge in [0.05, 0.1) is 14.2 Å². The van der Waals surface area contributed by atoms with Crippen molar-refractivity contribution in [2.24, 2.45) is 0 Å². The van der Waals surface area contributed by atoms with Crippen LogP contribution in [0.5, 0.6) is 17.2 Å². The molecule has 0 amide bonds. The molecule has 0 saturated carbocycles. The fraction of sp³-hybridized carbons (Fsp3) is 0.143. The Morgan fingerprint density at radius 3 is 2.24 bits per heavy atom. The Kier molecular flexibility index (Phi) is 3.19. The third-order valence-electron chi connectivity index (χ3n) is 2.60. The minimum absolute atomic E-state index is 0.121. The summed E-state index contributed by atoms with van der Waals surface area (Å²) >= 11 is 0. The summed E-state index contributed by atoms with van der Waals surface area (Å²) in [5, 5.41) is 9.75. The van der Waals surface area contributed by atoms with E-state index >= 15 is 0 Å². The van der Waals surface area contributed by atoms with Crippen LogP contribution < -0.4 is 9.47 Å². The summed E-state index contributed by atoms with van der Waals surface area (Å²) < 4.78 is 10.3. The zero-order valence-corrected chi connectivity index (χ0v) is 9.81. The van der Waals surface area contributed by atoms with Gasteiger partial charge in [-0.1, -0.05) is 24.3 Å². The summed E-state index contributed by atoms with van der Waals surface area (Å²) in [6.07, 6.45) is 0. The van der Waals surface area contributed by atoms with Crippen LogP contribution in [0.1, 0.15) is 0 Å². The number of rotatable bonds is 3. The molecule has 0 aliphatic carbocycles. The lowest BCUT2D eigenvalue weighted by atomic mass is 10.0. The Labute approximate surface area is 100 Å². The van der Waals surface area contributed by atoms with Crippen molar-refractivity contribution in [2.45, 2.75) is 0 Å². The second-order valence-electron chi connectivity index (χ2n) is 3.59. The highest BCUT2D eigenvalue weighted by Gasteiger charge is 2.08. The first-order chi connectivity index (χ1) is 8.26. The van der Waals surface area contributed by atoms with Gasteiger partial charge in [0, 0.05) is 5.56 Å². The number of aromatic hydroxyl groups is 1. The number of hydrogen-bond donors (Lipinski definition) is 1. The average Bonchev–Trinajstić information content (AvgIpc) is 2.38. The molecule has 0 aliphatic rings. The maximum atomic E-state index is 9.75. The van der Waals surface area contributed by atoms with Gasteiger partial charge in [-0.3, -0.25) is 0 Å². The molecule has 0 radical (unpaired) electrons. The van der Waals surface area contributed by atoms with Crippen LogP contribution in [0.25, 0.3) is 11.1 Å². The SMILES string of the molecule is COc1ccc(-c2ccccc2OC)cc1O. The van der Waals surface area contributed by atoms with Crippen molar-refractivity contribution in [3.63, 3.8) is 0 Å². The first-order valence-corrected chi connectivity index (χ1v) is 5.26. The molecule has 3 nitrogen and oxygen atoms in total. The second kappa shape index (κ2) is 4.78. The number of methoxy groups -OCH3 is 2. The fourth-order valence-corrected chi connectivity index (χ4v) is 1.74. The molecule has 88 valence electrons. The van der Waals surface area contributed by atoms with Gasteiger partial charge in [0.1, 0.15) is 5.75 Å². The third kappa shape index (κ3) is 2.18. The van der Waals surface area contributed by atoms with Crippen LogP contribution in [-0.4, -0.2) is 19.3 Å². The van der Waals surface area contributed by atoms with E-state index in [1.165, 1.54) is 7.11 Å². The van der Waals surface area contributed by atoms with Crippen molar-refractivity contribution in [2.75, 3.05) is 14.2 Å². The van der Waals surface area contributed by atoms with E-state index in [9.17, 15) is 5.11 Å². The molecule has 0 aliphatic heterocycles. The van der Waals surface area contributed by atoms with Gasteiger partial charge in [-0.15, -0.1) is 0 Å². The largest absolute Gasteiger partial charge is 0.504 e. The Balaban J connectivity index is 2.49. The van der Waals surface area contributed by atoms with E-state index in [4.69, 9.17) is 9.47 Å². The Morgan fingerprint density at radius 1 is 0.882 bits per heavy atom. The third-order valence-corrected chi connectivity index (χ3v) is 2.60. The molecule has 0 aromatic heterocycles. The number of ether oxygens (including phenoxy) is 2. The van der Waals surface area contributed by atoms with E-state index in [2.05, 4.69) is 0 Å². The van der Waals surface area contributed by atoms with Gasteiger partial charge in [0.25, 0.3) is 0 Å². The maximum absolute atomic E-state index is 9.75. The molecule has 17 heavy (non-hydrogen) atoms. The summed E-state index contributed by atoms with van der Waals surface area (Å²) in [6.45, 7) is 0. The van der Waals surface area contributed by atoms with E-state index in [0.29, 0.717) is 5.75 Å². The molecule has 0 atom stereocenters. The minimum atomic E-state index is 0.121. The predicted octanol–water partition coefficient (Wildman–Crippen LogP) is 3.08. The second-order valence-corrected chi connectivity index (χ2v) is 3.59. The molecule has 2 rings (SSSR count). The standard InChI is InChI=1S/C14H14O3/c1-16-13-6-4-3-5-11(13)10-7-8-14(17-2)12(15)9-10/h3-9,15H,1-2H3. The van der Waals surface area contributed by atoms with E-state index in [-0.39, 0.29) is 5.75 Å². The molecule has 0 heterocycles. The molecular weight excluding hydrogens is 216 g/mol. The van der Waals surface area contributed by atoms with Crippen LogP contribution in [0.15, 0.2) is 42.5 Å². The first-order valence-electron chi connectivity index (χ1n) is 5.26. The topological polar surface area (TPSA) is 38.7 Å². The van der Waals surface area contributed by atoms with E-state index in [1.807, 2.05) is 30.3 Å². The van der Waals surface area contributed by atoms with Crippen molar-refractivity contribution in [3.8, 4) is 28.4 Å². The van der Waals surface area contributed by atoms with Crippen molar-refractivity contribution in [3.05, 3.63) is 42.5 Å². The molecule has 0 bridgehead atoms. The smallest absolute Gasteiger partial charge is 0.160 e. The van der Waals surface area contributed by atoms with Crippen molar-refractivity contribution < 1.29 is 14.6 Å². The van der Waals surface area contributed by atoms with Crippen molar-refractivity contribution >= 4 is 0 Å².